The van der Waals surface area contributed by atoms with Gasteiger partial charge in [0.1, 0.15) is 0 Å². The van der Waals surface area contributed by atoms with E-state index in [0.29, 0.717) is 6.42 Å². The summed E-state index contributed by atoms with van der Waals surface area (Å²) in [5.74, 6) is -0.385. The van der Waals surface area contributed by atoms with Gasteiger partial charge >= 0.3 is 0 Å². The molecule has 0 radical (unpaired) electrons. The lowest BCUT2D eigenvalue weighted by Crippen LogP contribution is -2.42. The first-order valence-electron chi connectivity index (χ1n) is 4.98. The summed E-state index contributed by atoms with van der Waals surface area (Å²) in [6, 6.07) is -0.638. The number of amides is 1. The van der Waals surface area contributed by atoms with Crippen LogP contribution in [0.2, 0.25) is 0 Å². The predicted octanol–water partition coefficient (Wildman–Crippen LogP) is -0.693. The maximum Gasteiger partial charge on any atom is 0.220 e. The Morgan fingerprint density at radius 2 is 2.07 bits per heavy atom. The summed E-state index contributed by atoms with van der Waals surface area (Å²) in [6.07, 6.45) is -0.616. The highest BCUT2D eigenvalue weighted by Gasteiger charge is 2.37. The summed E-state index contributed by atoms with van der Waals surface area (Å²) in [4.78, 5) is 11.3. The second kappa shape index (κ2) is 4.49. The zero-order valence-electron chi connectivity index (χ0n) is 8.93. The fourth-order valence-corrected chi connectivity index (χ4v) is 3.34. The van der Waals surface area contributed by atoms with Crippen molar-refractivity contribution >= 4 is 15.7 Å². The van der Waals surface area contributed by atoms with Crippen LogP contribution in [0.25, 0.3) is 0 Å². The molecule has 0 aromatic carbocycles. The van der Waals surface area contributed by atoms with E-state index in [2.05, 4.69) is 5.32 Å². The first-order chi connectivity index (χ1) is 6.80. The molecule has 88 valence electrons. The van der Waals surface area contributed by atoms with Gasteiger partial charge in [-0.05, 0) is 5.92 Å². The Kier molecular flexibility index (Phi) is 3.72. The van der Waals surface area contributed by atoms with Crippen molar-refractivity contribution in [3.63, 3.8) is 0 Å². The molecule has 0 spiro atoms. The van der Waals surface area contributed by atoms with Crippen molar-refractivity contribution in [2.24, 2.45) is 5.92 Å². The molecule has 0 bridgehead atoms. The summed E-state index contributed by atoms with van der Waals surface area (Å²) >= 11 is 0. The average molecular weight is 235 g/mol. The van der Waals surface area contributed by atoms with Gasteiger partial charge in [0.2, 0.25) is 5.91 Å². The maximum absolute atomic E-state index is 11.3. The Labute approximate surface area is 89.8 Å². The number of hydrogen-bond donors (Lipinski definition) is 2. The predicted molar refractivity (Wildman–Crippen MR) is 56.0 cm³/mol. The minimum atomic E-state index is -3.18. The summed E-state index contributed by atoms with van der Waals surface area (Å²) < 4.78 is 22.3. The largest absolute Gasteiger partial charge is 0.390 e. The molecule has 2 atom stereocenters. The molecule has 1 amide bonds. The third kappa shape index (κ3) is 3.79. The molecule has 1 aliphatic heterocycles. The van der Waals surface area contributed by atoms with E-state index in [1.165, 1.54) is 0 Å². The summed E-state index contributed by atoms with van der Waals surface area (Å²) in [7, 11) is -3.18. The summed E-state index contributed by atoms with van der Waals surface area (Å²) in [5.41, 5.74) is 0. The van der Waals surface area contributed by atoms with Crippen LogP contribution in [0.3, 0.4) is 0 Å². The molecule has 6 heteroatoms. The number of carbonyl (C=O) groups excluding carboxylic acids is 1. The normalized spacial score (nSPS) is 29.3. The highest BCUT2D eigenvalue weighted by molar-refractivity contribution is 7.91. The number of aliphatic hydroxyl groups excluding tert-OH is 1. The first kappa shape index (κ1) is 12.4. The van der Waals surface area contributed by atoms with E-state index >= 15 is 0 Å². The van der Waals surface area contributed by atoms with E-state index in [0.717, 1.165) is 0 Å². The molecule has 1 rings (SSSR count). The van der Waals surface area contributed by atoms with E-state index in [1.54, 1.807) is 0 Å². The van der Waals surface area contributed by atoms with Crippen LogP contribution < -0.4 is 5.32 Å². The molecule has 0 saturated carbocycles. The zero-order valence-corrected chi connectivity index (χ0v) is 9.75. The third-order valence-corrected chi connectivity index (χ3v) is 3.98. The lowest BCUT2D eigenvalue weighted by molar-refractivity contribution is -0.122. The van der Waals surface area contributed by atoms with Crippen LogP contribution in [0, 0.1) is 5.92 Å². The summed E-state index contributed by atoms with van der Waals surface area (Å²) in [5, 5.41) is 12.0. The SMILES string of the molecule is CC(C)CC(=O)N[C@H]1CS(=O)(=O)C[C@H]1O. The first-order valence-corrected chi connectivity index (χ1v) is 6.80. The highest BCUT2D eigenvalue weighted by atomic mass is 32.2. The fourth-order valence-electron chi connectivity index (χ4n) is 1.60. The second-order valence-corrected chi connectivity index (χ2v) is 6.57. The minimum absolute atomic E-state index is 0.155. The smallest absolute Gasteiger partial charge is 0.220 e. The van der Waals surface area contributed by atoms with Crippen molar-refractivity contribution in [2.75, 3.05) is 11.5 Å². The van der Waals surface area contributed by atoms with Crippen molar-refractivity contribution in [2.45, 2.75) is 32.4 Å². The van der Waals surface area contributed by atoms with Gasteiger partial charge < -0.3 is 10.4 Å². The topological polar surface area (TPSA) is 83.5 Å². The highest BCUT2D eigenvalue weighted by Crippen LogP contribution is 2.13. The Balaban J connectivity index is 2.50. The van der Waals surface area contributed by atoms with E-state index < -0.39 is 22.0 Å². The van der Waals surface area contributed by atoms with Crippen LogP contribution in [0.4, 0.5) is 0 Å². The van der Waals surface area contributed by atoms with Gasteiger partial charge in [-0.3, -0.25) is 4.79 Å². The molecule has 2 N–H and O–H groups in total. The second-order valence-electron chi connectivity index (χ2n) is 4.42. The zero-order chi connectivity index (χ0) is 11.6. The molecule has 15 heavy (non-hydrogen) atoms. The third-order valence-electron chi connectivity index (χ3n) is 2.26. The van der Waals surface area contributed by atoms with Crippen molar-refractivity contribution in [3.8, 4) is 0 Å². The van der Waals surface area contributed by atoms with Gasteiger partial charge in [-0.2, -0.15) is 0 Å². The Hall–Kier alpha value is -0.620. The number of sulfone groups is 1. The number of nitrogens with one attached hydrogen (secondary N) is 1. The number of aliphatic hydroxyl groups is 1. The Morgan fingerprint density at radius 1 is 1.47 bits per heavy atom. The van der Waals surface area contributed by atoms with E-state index in [1.807, 2.05) is 13.8 Å². The molecular weight excluding hydrogens is 218 g/mol. The molecule has 1 heterocycles. The average Bonchev–Trinajstić information content (AvgIpc) is 2.22. The van der Waals surface area contributed by atoms with Crippen molar-refractivity contribution in [1.82, 2.24) is 5.32 Å². The van der Waals surface area contributed by atoms with Gasteiger partial charge in [0.15, 0.2) is 9.84 Å². The van der Waals surface area contributed by atoms with Crippen LogP contribution in [0.5, 0.6) is 0 Å². The molecule has 1 saturated heterocycles. The molecule has 0 aliphatic carbocycles. The van der Waals surface area contributed by atoms with Gasteiger partial charge in [0.05, 0.1) is 23.7 Å². The Morgan fingerprint density at radius 3 is 2.47 bits per heavy atom. The van der Waals surface area contributed by atoms with E-state index in [9.17, 15) is 18.3 Å². The fraction of sp³-hybridized carbons (Fsp3) is 0.889. The van der Waals surface area contributed by atoms with Crippen molar-refractivity contribution < 1.29 is 18.3 Å². The van der Waals surface area contributed by atoms with Crippen molar-refractivity contribution in [3.05, 3.63) is 0 Å². The monoisotopic (exact) mass is 235 g/mol. The van der Waals surface area contributed by atoms with E-state index in [-0.39, 0.29) is 23.3 Å². The summed E-state index contributed by atoms with van der Waals surface area (Å²) in [6.45, 7) is 3.81. The van der Waals surface area contributed by atoms with Crippen LogP contribution in [0.15, 0.2) is 0 Å². The van der Waals surface area contributed by atoms with Gasteiger partial charge in [0, 0.05) is 6.42 Å². The number of hydrogen-bond acceptors (Lipinski definition) is 4. The van der Waals surface area contributed by atoms with Crippen LogP contribution in [-0.4, -0.2) is 43.1 Å². The molecular formula is C9H17NO4S. The standard InChI is InChI=1S/C9H17NO4S/c1-6(2)3-9(12)10-7-4-15(13,14)5-8(7)11/h6-8,11H,3-5H2,1-2H3,(H,10,12)/t7-,8+/m0/s1. The lowest BCUT2D eigenvalue weighted by Gasteiger charge is -2.15. The number of rotatable bonds is 3. The van der Waals surface area contributed by atoms with Gasteiger partial charge in [-0.15, -0.1) is 0 Å². The Bertz CT molecular complexity index is 336. The van der Waals surface area contributed by atoms with Gasteiger partial charge in [-0.1, -0.05) is 13.8 Å². The van der Waals surface area contributed by atoms with Gasteiger partial charge in [0.25, 0.3) is 0 Å². The van der Waals surface area contributed by atoms with Crippen molar-refractivity contribution in [1.29, 1.82) is 0 Å². The van der Waals surface area contributed by atoms with Crippen LogP contribution >= 0.6 is 0 Å². The minimum Gasteiger partial charge on any atom is -0.390 e. The quantitative estimate of drug-likeness (QED) is 0.678. The number of carbonyl (C=O) groups is 1. The molecule has 0 aromatic heterocycles. The lowest BCUT2D eigenvalue weighted by atomic mass is 10.1. The van der Waals surface area contributed by atoms with Gasteiger partial charge in [-0.25, -0.2) is 8.42 Å². The molecule has 1 fully saturated rings. The van der Waals surface area contributed by atoms with Crippen LogP contribution in [0.1, 0.15) is 20.3 Å². The molecule has 0 unspecified atom stereocenters. The molecule has 0 aromatic rings. The van der Waals surface area contributed by atoms with E-state index in [4.69, 9.17) is 0 Å². The maximum atomic E-state index is 11.3. The molecule has 1 aliphatic rings. The molecule has 5 nitrogen and oxygen atoms in total. The van der Waals surface area contributed by atoms with Crippen LogP contribution in [-0.2, 0) is 14.6 Å².